The molecule has 0 aliphatic carbocycles. The van der Waals surface area contributed by atoms with E-state index in [4.69, 9.17) is 4.99 Å². The average Bonchev–Trinajstić information content (AvgIpc) is 3.20. The number of non-ortho nitro benzene ring substituents is 1. The number of unbranched alkanes of at least 4 members (excludes halogenated alkanes) is 1. The Balaban J connectivity index is 1.44. The molecule has 1 atom stereocenters. The molecule has 31 heavy (non-hydrogen) atoms. The molecule has 3 rings (SSSR count). The van der Waals surface area contributed by atoms with E-state index in [1.807, 2.05) is 30.1 Å². The lowest BCUT2D eigenvalue weighted by Crippen LogP contribution is -2.51. The molecule has 1 unspecified atom stereocenters. The van der Waals surface area contributed by atoms with Crippen LogP contribution in [-0.4, -0.2) is 52.9 Å². The van der Waals surface area contributed by atoms with E-state index in [0.29, 0.717) is 6.04 Å². The van der Waals surface area contributed by atoms with Gasteiger partial charge in [0.1, 0.15) is 0 Å². The molecule has 1 aromatic carbocycles. The number of aryl methyl sites for hydroxylation is 2. The van der Waals surface area contributed by atoms with E-state index in [1.165, 1.54) is 5.69 Å². The van der Waals surface area contributed by atoms with Gasteiger partial charge >= 0.3 is 0 Å². The van der Waals surface area contributed by atoms with Crippen LogP contribution in [0.1, 0.15) is 38.2 Å². The lowest BCUT2D eigenvalue weighted by molar-refractivity contribution is -0.384. The van der Waals surface area contributed by atoms with Gasteiger partial charge in [0.15, 0.2) is 5.96 Å². The van der Waals surface area contributed by atoms with Crippen molar-refractivity contribution in [3.05, 3.63) is 52.3 Å². The van der Waals surface area contributed by atoms with Crippen molar-refractivity contribution in [3.8, 4) is 0 Å². The van der Waals surface area contributed by atoms with Gasteiger partial charge in [-0.25, -0.2) is 0 Å². The Labute approximate surface area is 183 Å². The Morgan fingerprint density at radius 1 is 1.32 bits per heavy atom. The minimum Gasteiger partial charge on any atom is -0.367 e. The summed E-state index contributed by atoms with van der Waals surface area (Å²) in [4.78, 5) is 17.5. The summed E-state index contributed by atoms with van der Waals surface area (Å²) in [5.74, 6) is 0.871. The van der Waals surface area contributed by atoms with E-state index in [9.17, 15) is 10.1 Å². The number of hydrogen-bond donors (Lipinski definition) is 2. The van der Waals surface area contributed by atoms with Gasteiger partial charge in [0, 0.05) is 57.6 Å². The molecule has 2 aromatic rings. The summed E-state index contributed by atoms with van der Waals surface area (Å²) in [7, 11) is 1.95. The summed E-state index contributed by atoms with van der Waals surface area (Å²) in [6, 6.07) is 7.17. The van der Waals surface area contributed by atoms with Crippen molar-refractivity contribution in [2.24, 2.45) is 12.0 Å². The van der Waals surface area contributed by atoms with E-state index in [2.05, 4.69) is 33.8 Å². The number of nitrogens with zero attached hydrogens (tertiary/aromatic N) is 5. The van der Waals surface area contributed by atoms with Gasteiger partial charge in [0.05, 0.1) is 16.8 Å². The molecule has 1 fully saturated rings. The van der Waals surface area contributed by atoms with Crippen molar-refractivity contribution < 1.29 is 4.92 Å². The first-order valence-corrected chi connectivity index (χ1v) is 11.1. The van der Waals surface area contributed by atoms with Gasteiger partial charge in [0.2, 0.25) is 0 Å². The van der Waals surface area contributed by atoms with Crippen LogP contribution in [0.2, 0.25) is 0 Å². The smallest absolute Gasteiger partial charge is 0.269 e. The molecule has 0 spiro atoms. The van der Waals surface area contributed by atoms with E-state index >= 15 is 0 Å². The van der Waals surface area contributed by atoms with Gasteiger partial charge in [-0.3, -0.25) is 19.8 Å². The molecule has 0 saturated carbocycles. The molecular formula is C22H33N7O2. The Kier molecular flexibility index (Phi) is 8.26. The van der Waals surface area contributed by atoms with Gasteiger partial charge in [-0.2, -0.15) is 5.10 Å². The second kappa shape index (κ2) is 11.3. The van der Waals surface area contributed by atoms with Gasteiger partial charge in [-0.05, 0) is 44.6 Å². The van der Waals surface area contributed by atoms with E-state index < -0.39 is 0 Å². The van der Waals surface area contributed by atoms with Crippen molar-refractivity contribution >= 4 is 17.3 Å². The minimum atomic E-state index is -0.365. The van der Waals surface area contributed by atoms with Crippen LogP contribution in [0.15, 0.2) is 41.7 Å². The molecule has 1 aliphatic rings. The highest BCUT2D eigenvalue weighted by Crippen LogP contribution is 2.19. The Bertz CT molecular complexity index is 863. The largest absolute Gasteiger partial charge is 0.367 e. The van der Waals surface area contributed by atoms with E-state index in [0.717, 1.165) is 69.8 Å². The third-order valence-corrected chi connectivity index (χ3v) is 5.45. The van der Waals surface area contributed by atoms with Crippen molar-refractivity contribution in [2.45, 2.75) is 45.1 Å². The highest BCUT2D eigenvalue weighted by molar-refractivity contribution is 5.80. The highest BCUT2D eigenvalue weighted by atomic mass is 16.6. The minimum absolute atomic E-state index is 0.138. The zero-order valence-electron chi connectivity index (χ0n) is 18.5. The fourth-order valence-corrected chi connectivity index (χ4v) is 3.83. The number of nitro groups is 1. The molecule has 1 aromatic heterocycles. The molecule has 9 nitrogen and oxygen atoms in total. The number of benzene rings is 1. The van der Waals surface area contributed by atoms with Gasteiger partial charge in [-0.1, -0.05) is 12.1 Å². The molecule has 0 bridgehead atoms. The second-order valence-corrected chi connectivity index (χ2v) is 7.94. The van der Waals surface area contributed by atoms with Crippen molar-refractivity contribution in [3.63, 3.8) is 0 Å². The number of nitrogens with one attached hydrogen (secondary N) is 2. The summed E-state index contributed by atoms with van der Waals surface area (Å²) in [6.45, 7) is 5.65. The predicted molar refractivity (Wildman–Crippen MR) is 124 cm³/mol. The Morgan fingerprint density at radius 3 is 2.81 bits per heavy atom. The molecule has 168 valence electrons. The first kappa shape index (κ1) is 22.6. The second-order valence-electron chi connectivity index (χ2n) is 7.94. The first-order chi connectivity index (χ1) is 15.0. The monoisotopic (exact) mass is 427 g/mol. The molecule has 0 amide bonds. The molecule has 2 N–H and O–H groups in total. The van der Waals surface area contributed by atoms with Crippen LogP contribution < -0.4 is 15.5 Å². The third kappa shape index (κ3) is 6.97. The summed E-state index contributed by atoms with van der Waals surface area (Å²) < 4.78 is 1.84. The third-order valence-electron chi connectivity index (χ3n) is 5.45. The van der Waals surface area contributed by atoms with Crippen LogP contribution in [0, 0.1) is 10.1 Å². The topological polar surface area (TPSA) is 101 Å². The number of hydrogen-bond acceptors (Lipinski definition) is 5. The fourth-order valence-electron chi connectivity index (χ4n) is 3.83. The van der Waals surface area contributed by atoms with Crippen LogP contribution in [0.5, 0.6) is 0 Å². The number of guanidine groups is 1. The Hall–Kier alpha value is -3.10. The maximum absolute atomic E-state index is 10.7. The zero-order chi connectivity index (χ0) is 22.1. The average molecular weight is 428 g/mol. The molecule has 0 radical (unpaired) electrons. The number of nitro benzene ring substituents is 1. The summed E-state index contributed by atoms with van der Waals surface area (Å²) in [6.07, 6.45) is 9.13. The summed E-state index contributed by atoms with van der Waals surface area (Å²) >= 11 is 0. The number of rotatable bonds is 9. The molecular weight excluding hydrogens is 394 g/mol. The fraction of sp³-hybridized carbons (Fsp3) is 0.545. The van der Waals surface area contributed by atoms with Crippen molar-refractivity contribution in [1.29, 1.82) is 0 Å². The maximum atomic E-state index is 10.7. The summed E-state index contributed by atoms with van der Waals surface area (Å²) in [5.41, 5.74) is 2.43. The SMILES string of the molecule is CCNC(=NCCCCc1ccc([N+](=O)[O-])cc1)NC1CCCN(c2cnn(C)c2)C1. The summed E-state index contributed by atoms with van der Waals surface area (Å²) in [5, 5.41) is 22.0. The lowest BCUT2D eigenvalue weighted by Gasteiger charge is -2.34. The quantitative estimate of drug-likeness (QED) is 0.210. The number of aromatic nitrogens is 2. The number of anilines is 1. The predicted octanol–water partition coefficient (Wildman–Crippen LogP) is 2.88. The van der Waals surface area contributed by atoms with E-state index in [-0.39, 0.29) is 10.6 Å². The first-order valence-electron chi connectivity index (χ1n) is 11.1. The van der Waals surface area contributed by atoms with Gasteiger partial charge in [0.25, 0.3) is 5.69 Å². The van der Waals surface area contributed by atoms with Crippen LogP contribution in [0.25, 0.3) is 0 Å². The van der Waals surface area contributed by atoms with E-state index in [1.54, 1.807) is 12.1 Å². The molecule has 9 heteroatoms. The highest BCUT2D eigenvalue weighted by Gasteiger charge is 2.21. The molecule has 2 heterocycles. The maximum Gasteiger partial charge on any atom is 0.269 e. The lowest BCUT2D eigenvalue weighted by atomic mass is 10.1. The zero-order valence-corrected chi connectivity index (χ0v) is 18.5. The van der Waals surface area contributed by atoms with Crippen LogP contribution in [0.3, 0.4) is 0 Å². The normalized spacial score (nSPS) is 16.9. The Morgan fingerprint density at radius 2 is 2.13 bits per heavy atom. The number of aliphatic imine (C=N–C) groups is 1. The van der Waals surface area contributed by atoms with Crippen LogP contribution in [0.4, 0.5) is 11.4 Å². The van der Waals surface area contributed by atoms with Crippen molar-refractivity contribution in [2.75, 3.05) is 31.1 Å². The van der Waals surface area contributed by atoms with Crippen LogP contribution in [-0.2, 0) is 13.5 Å². The molecule has 1 aliphatic heterocycles. The standard InChI is InChI=1S/C22H33N7O2/c1-3-23-22(24-13-5-4-7-18-9-11-20(12-10-18)29(30)31)26-19-8-6-14-28(16-19)21-15-25-27(2)17-21/h9-12,15,17,19H,3-8,13-14,16H2,1-2H3,(H2,23,24,26). The van der Waals surface area contributed by atoms with Gasteiger partial charge in [-0.15, -0.1) is 0 Å². The van der Waals surface area contributed by atoms with Crippen molar-refractivity contribution in [1.82, 2.24) is 20.4 Å². The molecule has 1 saturated heterocycles. The number of piperidine rings is 1. The van der Waals surface area contributed by atoms with Gasteiger partial charge < -0.3 is 15.5 Å². The van der Waals surface area contributed by atoms with Crippen LogP contribution >= 0.6 is 0 Å².